The van der Waals surface area contributed by atoms with E-state index in [4.69, 9.17) is 5.73 Å². The Morgan fingerprint density at radius 3 is 2.70 bits per heavy atom. The summed E-state index contributed by atoms with van der Waals surface area (Å²) in [5.74, 6) is 0.973. The molecule has 0 radical (unpaired) electrons. The molecule has 23 heavy (non-hydrogen) atoms. The molecule has 0 aliphatic rings. The first-order valence-electron chi connectivity index (χ1n) is 7.53. The molecule has 0 aromatic heterocycles. The van der Waals surface area contributed by atoms with Gasteiger partial charge in [-0.2, -0.15) is 11.8 Å². The van der Waals surface area contributed by atoms with Crippen molar-refractivity contribution >= 4 is 17.7 Å². The molecule has 2 aromatic rings. The quantitative estimate of drug-likeness (QED) is 0.604. The van der Waals surface area contributed by atoms with Crippen LogP contribution in [-0.4, -0.2) is 18.8 Å². The number of benzene rings is 2. The lowest BCUT2D eigenvalue weighted by Crippen LogP contribution is -2.33. The monoisotopic (exact) mass is 331 g/mol. The summed E-state index contributed by atoms with van der Waals surface area (Å²) in [7, 11) is 0. The number of nitrogens with zero attached hydrogens (tertiary/aromatic N) is 1. The van der Waals surface area contributed by atoms with Crippen LogP contribution >= 0.6 is 11.8 Å². The molecule has 0 saturated carbocycles. The van der Waals surface area contributed by atoms with Gasteiger partial charge in [0.2, 0.25) is 0 Å². The number of hydrogen-bond acceptors (Lipinski definition) is 2. The standard InChI is InChI=1S/C18H22FN3S/c1-23-13-16-11-17(19)8-7-15(16)12-22-18(20)21-10-9-14-5-3-2-4-6-14/h2-8,11H,9-10,12-13H2,1H3,(H3,20,21,22). The van der Waals surface area contributed by atoms with Crippen molar-refractivity contribution in [3.8, 4) is 0 Å². The largest absolute Gasteiger partial charge is 0.370 e. The van der Waals surface area contributed by atoms with Crippen LogP contribution in [0.15, 0.2) is 53.5 Å². The van der Waals surface area contributed by atoms with Crippen molar-refractivity contribution in [2.75, 3.05) is 12.8 Å². The third-order valence-electron chi connectivity index (χ3n) is 3.45. The molecule has 122 valence electrons. The zero-order chi connectivity index (χ0) is 16.5. The summed E-state index contributed by atoms with van der Waals surface area (Å²) < 4.78 is 13.3. The highest BCUT2D eigenvalue weighted by Gasteiger charge is 2.04. The number of nitrogens with two attached hydrogens (primary N) is 1. The highest BCUT2D eigenvalue weighted by Crippen LogP contribution is 2.17. The molecule has 3 N–H and O–H groups in total. The predicted molar refractivity (Wildman–Crippen MR) is 97.1 cm³/mol. The molecule has 0 unspecified atom stereocenters. The van der Waals surface area contributed by atoms with Gasteiger partial charge in [-0.05, 0) is 41.5 Å². The van der Waals surface area contributed by atoms with Crippen LogP contribution in [0.25, 0.3) is 0 Å². The van der Waals surface area contributed by atoms with Gasteiger partial charge in [0.25, 0.3) is 0 Å². The van der Waals surface area contributed by atoms with Gasteiger partial charge < -0.3 is 11.1 Å². The Kier molecular flexibility index (Phi) is 6.94. The maximum absolute atomic E-state index is 13.3. The second kappa shape index (κ2) is 9.20. The number of nitrogens with one attached hydrogen (secondary N) is 1. The van der Waals surface area contributed by atoms with Crippen LogP contribution in [0.5, 0.6) is 0 Å². The van der Waals surface area contributed by atoms with E-state index >= 15 is 0 Å². The molecule has 0 bridgehead atoms. The minimum atomic E-state index is -0.212. The fraction of sp³-hybridized carbons (Fsp3) is 0.278. The normalized spacial score (nSPS) is 11.5. The van der Waals surface area contributed by atoms with E-state index in [1.165, 1.54) is 11.6 Å². The number of hydrogen-bond donors (Lipinski definition) is 2. The fourth-order valence-corrected chi connectivity index (χ4v) is 2.82. The van der Waals surface area contributed by atoms with Crippen LogP contribution in [-0.2, 0) is 18.7 Å². The lowest BCUT2D eigenvalue weighted by molar-refractivity contribution is 0.625. The van der Waals surface area contributed by atoms with E-state index in [1.54, 1.807) is 23.9 Å². The van der Waals surface area contributed by atoms with Gasteiger partial charge in [0.05, 0.1) is 6.54 Å². The summed E-state index contributed by atoms with van der Waals surface area (Å²) in [5.41, 5.74) is 9.14. The van der Waals surface area contributed by atoms with Gasteiger partial charge in [-0.25, -0.2) is 9.38 Å². The van der Waals surface area contributed by atoms with Crippen molar-refractivity contribution in [2.45, 2.75) is 18.7 Å². The third kappa shape index (κ3) is 5.94. The topological polar surface area (TPSA) is 50.4 Å². The molecule has 0 spiro atoms. The average molecular weight is 331 g/mol. The molecule has 5 heteroatoms. The van der Waals surface area contributed by atoms with Crippen LogP contribution in [0.4, 0.5) is 4.39 Å². The SMILES string of the molecule is CSCc1cc(F)ccc1CN=C(N)NCCc1ccccc1. The maximum atomic E-state index is 13.3. The van der Waals surface area contributed by atoms with Crippen LogP contribution < -0.4 is 11.1 Å². The third-order valence-corrected chi connectivity index (χ3v) is 4.05. The van der Waals surface area contributed by atoms with Crippen molar-refractivity contribution in [3.63, 3.8) is 0 Å². The minimum absolute atomic E-state index is 0.212. The Hall–Kier alpha value is -2.01. The molecule has 0 aliphatic heterocycles. The van der Waals surface area contributed by atoms with Gasteiger partial charge in [-0.1, -0.05) is 36.4 Å². The van der Waals surface area contributed by atoms with Gasteiger partial charge in [0, 0.05) is 12.3 Å². The van der Waals surface area contributed by atoms with Crippen molar-refractivity contribution in [2.24, 2.45) is 10.7 Å². The molecule has 0 saturated heterocycles. The van der Waals surface area contributed by atoms with E-state index in [9.17, 15) is 4.39 Å². The average Bonchev–Trinajstić information content (AvgIpc) is 2.55. The predicted octanol–water partition coefficient (Wildman–Crippen LogP) is 3.34. The molecular weight excluding hydrogens is 309 g/mol. The Balaban J connectivity index is 1.87. The van der Waals surface area contributed by atoms with E-state index in [-0.39, 0.29) is 5.82 Å². The van der Waals surface area contributed by atoms with E-state index < -0.39 is 0 Å². The number of rotatable bonds is 7. The zero-order valence-electron chi connectivity index (χ0n) is 13.3. The first kappa shape index (κ1) is 17.3. The fourth-order valence-electron chi connectivity index (χ4n) is 2.24. The summed E-state index contributed by atoms with van der Waals surface area (Å²) in [6.07, 6.45) is 2.89. The summed E-state index contributed by atoms with van der Waals surface area (Å²) in [5, 5.41) is 3.11. The molecular formula is C18H22FN3S. The molecule has 2 aromatic carbocycles. The number of aliphatic imine (C=N–C) groups is 1. The Bertz CT molecular complexity index is 644. The smallest absolute Gasteiger partial charge is 0.188 e. The van der Waals surface area contributed by atoms with Crippen LogP contribution in [0.3, 0.4) is 0 Å². The first-order chi connectivity index (χ1) is 11.2. The van der Waals surface area contributed by atoms with Gasteiger partial charge in [0.1, 0.15) is 5.82 Å². The Morgan fingerprint density at radius 2 is 1.96 bits per heavy atom. The summed E-state index contributed by atoms with van der Waals surface area (Å²) in [4.78, 5) is 4.35. The zero-order valence-corrected chi connectivity index (χ0v) is 14.1. The molecule has 0 atom stereocenters. The maximum Gasteiger partial charge on any atom is 0.188 e. The van der Waals surface area contributed by atoms with Crippen molar-refractivity contribution in [1.29, 1.82) is 0 Å². The van der Waals surface area contributed by atoms with E-state index in [0.29, 0.717) is 12.5 Å². The summed E-state index contributed by atoms with van der Waals surface area (Å²) in [6, 6.07) is 15.0. The lowest BCUT2D eigenvalue weighted by atomic mass is 10.1. The van der Waals surface area contributed by atoms with E-state index in [0.717, 1.165) is 29.8 Å². The Labute approximate surface area is 141 Å². The molecule has 0 heterocycles. The highest BCUT2D eigenvalue weighted by atomic mass is 32.2. The van der Waals surface area contributed by atoms with Gasteiger partial charge >= 0.3 is 0 Å². The van der Waals surface area contributed by atoms with E-state index in [1.807, 2.05) is 24.5 Å². The van der Waals surface area contributed by atoms with Gasteiger partial charge in [0.15, 0.2) is 5.96 Å². The number of thioether (sulfide) groups is 1. The molecule has 2 rings (SSSR count). The van der Waals surface area contributed by atoms with Crippen LogP contribution in [0.2, 0.25) is 0 Å². The number of halogens is 1. The second-order valence-corrected chi connectivity index (χ2v) is 6.08. The number of guanidine groups is 1. The lowest BCUT2D eigenvalue weighted by Gasteiger charge is -2.08. The first-order valence-corrected chi connectivity index (χ1v) is 8.92. The minimum Gasteiger partial charge on any atom is -0.370 e. The molecule has 0 aliphatic carbocycles. The van der Waals surface area contributed by atoms with Crippen molar-refractivity contribution in [1.82, 2.24) is 5.32 Å². The molecule has 3 nitrogen and oxygen atoms in total. The molecule has 0 amide bonds. The highest BCUT2D eigenvalue weighted by molar-refractivity contribution is 7.97. The van der Waals surface area contributed by atoms with E-state index in [2.05, 4.69) is 22.4 Å². The van der Waals surface area contributed by atoms with Crippen LogP contribution in [0.1, 0.15) is 16.7 Å². The second-order valence-electron chi connectivity index (χ2n) is 5.21. The van der Waals surface area contributed by atoms with Crippen molar-refractivity contribution in [3.05, 3.63) is 71.0 Å². The molecule has 0 fully saturated rings. The van der Waals surface area contributed by atoms with Crippen LogP contribution in [0, 0.1) is 5.82 Å². The van der Waals surface area contributed by atoms with Gasteiger partial charge in [-0.15, -0.1) is 0 Å². The summed E-state index contributed by atoms with van der Waals surface area (Å²) in [6.45, 7) is 1.20. The summed E-state index contributed by atoms with van der Waals surface area (Å²) >= 11 is 1.66. The van der Waals surface area contributed by atoms with Crippen molar-refractivity contribution < 1.29 is 4.39 Å². The van der Waals surface area contributed by atoms with Gasteiger partial charge in [-0.3, -0.25) is 0 Å². The Morgan fingerprint density at radius 1 is 1.17 bits per heavy atom.